The van der Waals surface area contributed by atoms with Gasteiger partial charge in [-0.3, -0.25) is 4.98 Å². The number of H-pyrrole nitrogens is 2. The Hall–Kier alpha value is -1.73. The highest BCUT2D eigenvalue weighted by Crippen LogP contribution is 2.19. The number of anilines is 1. The summed E-state index contributed by atoms with van der Waals surface area (Å²) < 4.78 is 0. The van der Waals surface area contributed by atoms with Gasteiger partial charge in [-0.1, -0.05) is 6.07 Å². The van der Waals surface area contributed by atoms with Crippen LogP contribution in [0.2, 0.25) is 0 Å². The van der Waals surface area contributed by atoms with Crippen LogP contribution in [0.1, 0.15) is 11.9 Å². The van der Waals surface area contributed by atoms with Gasteiger partial charge < -0.3 is 10.4 Å². The second-order valence-electron chi connectivity index (χ2n) is 3.69. The number of aliphatic hydroxyl groups excluding tert-OH is 1. The maximum absolute atomic E-state index is 10.8. The molecule has 96 valence electrons. The Bertz CT molecular complexity index is 566. The van der Waals surface area contributed by atoms with E-state index in [-0.39, 0.29) is 12.4 Å². The van der Waals surface area contributed by atoms with Crippen molar-refractivity contribution in [3.8, 4) is 0 Å². The molecular formula is C11H14N4O2S. The van der Waals surface area contributed by atoms with Crippen molar-refractivity contribution < 1.29 is 5.11 Å². The van der Waals surface area contributed by atoms with Gasteiger partial charge >= 0.3 is 5.69 Å². The minimum Gasteiger partial charge on any atom is -0.383 e. The molecule has 1 atom stereocenters. The van der Waals surface area contributed by atoms with Crippen LogP contribution >= 0.6 is 11.8 Å². The van der Waals surface area contributed by atoms with Gasteiger partial charge in [-0.2, -0.15) is 5.10 Å². The smallest absolute Gasteiger partial charge is 0.340 e. The number of aromatic nitrogens is 3. The Morgan fingerprint density at radius 3 is 3.06 bits per heavy atom. The predicted octanol–water partition coefficient (Wildman–Crippen LogP) is 0.965. The first-order chi connectivity index (χ1) is 8.69. The molecule has 6 nitrogen and oxygen atoms in total. The molecule has 0 amide bonds. The lowest BCUT2D eigenvalue weighted by Gasteiger charge is -2.10. The molecule has 0 aliphatic heterocycles. The largest absolute Gasteiger partial charge is 0.383 e. The summed E-state index contributed by atoms with van der Waals surface area (Å²) in [5.74, 6) is 0.230. The first kappa shape index (κ1) is 12.7. The molecule has 7 heteroatoms. The molecule has 2 rings (SSSR count). The molecular weight excluding hydrogens is 252 g/mol. The van der Waals surface area contributed by atoms with Crippen LogP contribution in [-0.2, 0) is 0 Å². The van der Waals surface area contributed by atoms with Crippen LogP contribution in [0.3, 0.4) is 0 Å². The van der Waals surface area contributed by atoms with Crippen LogP contribution in [0.15, 0.2) is 34.0 Å². The highest BCUT2D eigenvalue weighted by atomic mass is 32.2. The molecule has 0 saturated heterocycles. The standard InChI is InChI=1S/C11H14N4O2S/c1-18-8-4-2-3-7(5-8)12-6-9(16)10-13-11(17)15-14-10/h2-5,9,12,16H,6H2,1H3,(H2,13,14,15,17). The third-order valence-corrected chi connectivity index (χ3v) is 3.13. The summed E-state index contributed by atoms with van der Waals surface area (Å²) >= 11 is 1.65. The molecule has 18 heavy (non-hydrogen) atoms. The fourth-order valence-electron chi connectivity index (χ4n) is 1.49. The van der Waals surface area contributed by atoms with E-state index in [0.717, 1.165) is 10.6 Å². The molecule has 1 aromatic heterocycles. The molecule has 1 aromatic carbocycles. The average Bonchev–Trinajstić information content (AvgIpc) is 2.83. The Morgan fingerprint density at radius 1 is 1.56 bits per heavy atom. The molecule has 0 radical (unpaired) electrons. The number of hydrogen-bond acceptors (Lipinski definition) is 5. The zero-order valence-corrected chi connectivity index (χ0v) is 10.6. The maximum Gasteiger partial charge on any atom is 0.340 e. The molecule has 0 aliphatic rings. The summed E-state index contributed by atoms with van der Waals surface area (Å²) in [6.45, 7) is 0.276. The summed E-state index contributed by atoms with van der Waals surface area (Å²) in [7, 11) is 0. The highest BCUT2D eigenvalue weighted by Gasteiger charge is 2.11. The Morgan fingerprint density at radius 2 is 2.39 bits per heavy atom. The fraction of sp³-hybridized carbons (Fsp3) is 0.273. The van der Waals surface area contributed by atoms with Crippen molar-refractivity contribution in [3.63, 3.8) is 0 Å². The highest BCUT2D eigenvalue weighted by molar-refractivity contribution is 7.98. The van der Waals surface area contributed by atoms with Gasteiger partial charge in [0.1, 0.15) is 6.10 Å². The summed E-state index contributed by atoms with van der Waals surface area (Å²) in [4.78, 5) is 14.4. The lowest BCUT2D eigenvalue weighted by Crippen LogP contribution is -2.14. The SMILES string of the molecule is CSc1cccc(NCC(O)c2n[nH]c(=O)[nH]2)c1. The molecule has 0 spiro atoms. The molecule has 0 saturated carbocycles. The Labute approximate surface area is 108 Å². The van der Waals surface area contributed by atoms with E-state index in [1.54, 1.807) is 11.8 Å². The summed E-state index contributed by atoms with van der Waals surface area (Å²) in [5.41, 5.74) is 0.493. The lowest BCUT2D eigenvalue weighted by atomic mass is 10.3. The molecule has 0 fully saturated rings. The van der Waals surface area contributed by atoms with Crippen LogP contribution in [0.25, 0.3) is 0 Å². The zero-order valence-electron chi connectivity index (χ0n) is 9.80. The number of nitrogens with one attached hydrogen (secondary N) is 3. The van der Waals surface area contributed by atoms with E-state index in [4.69, 9.17) is 0 Å². The minimum atomic E-state index is -0.859. The van der Waals surface area contributed by atoms with E-state index in [1.807, 2.05) is 30.5 Å². The normalized spacial score (nSPS) is 12.3. The fourth-order valence-corrected chi connectivity index (χ4v) is 1.94. The molecule has 0 bridgehead atoms. The van der Waals surface area contributed by atoms with E-state index < -0.39 is 11.8 Å². The topological polar surface area (TPSA) is 93.8 Å². The van der Waals surface area contributed by atoms with E-state index in [0.29, 0.717) is 0 Å². The van der Waals surface area contributed by atoms with Gasteiger partial charge in [0.2, 0.25) is 0 Å². The number of benzene rings is 1. The van der Waals surface area contributed by atoms with Gasteiger partial charge in [-0.15, -0.1) is 11.8 Å². The monoisotopic (exact) mass is 266 g/mol. The van der Waals surface area contributed by atoms with Crippen molar-refractivity contribution in [2.45, 2.75) is 11.0 Å². The Kier molecular flexibility index (Phi) is 4.06. The van der Waals surface area contributed by atoms with Crippen molar-refractivity contribution >= 4 is 17.4 Å². The Balaban J connectivity index is 1.96. The number of hydrogen-bond donors (Lipinski definition) is 4. The van der Waals surface area contributed by atoms with Crippen molar-refractivity contribution in [1.82, 2.24) is 15.2 Å². The van der Waals surface area contributed by atoms with E-state index >= 15 is 0 Å². The van der Waals surface area contributed by atoms with Crippen LogP contribution in [0.4, 0.5) is 5.69 Å². The van der Waals surface area contributed by atoms with Gasteiger partial charge in [-0.05, 0) is 24.5 Å². The van der Waals surface area contributed by atoms with Gasteiger partial charge in [0.15, 0.2) is 5.82 Å². The number of aromatic amines is 2. The van der Waals surface area contributed by atoms with Crippen LogP contribution in [0.5, 0.6) is 0 Å². The third kappa shape index (κ3) is 3.14. The van der Waals surface area contributed by atoms with Gasteiger partial charge in [0, 0.05) is 17.1 Å². The van der Waals surface area contributed by atoms with E-state index in [2.05, 4.69) is 20.5 Å². The second-order valence-corrected chi connectivity index (χ2v) is 4.57. The maximum atomic E-state index is 10.8. The third-order valence-electron chi connectivity index (χ3n) is 2.40. The summed E-state index contributed by atoms with van der Waals surface area (Å²) in [6, 6.07) is 7.86. The number of rotatable bonds is 5. The second kappa shape index (κ2) is 5.74. The molecule has 4 N–H and O–H groups in total. The number of thioether (sulfide) groups is 1. The summed E-state index contributed by atoms with van der Waals surface area (Å²) in [5, 5.41) is 18.8. The van der Waals surface area contributed by atoms with E-state index in [9.17, 15) is 9.90 Å². The number of aliphatic hydroxyl groups is 1. The van der Waals surface area contributed by atoms with Crippen molar-refractivity contribution in [1.29, 1.82) is 0 Å². The van der Waals surface area contributed by atoms with Crippen molar-refractivity contribution in [2.75, 3.05) is 18.1 Å². The predicted molar refractivity (Wildman–Crippen MR) is 70.9 cm³/mol. The zero-order chi connectivity index (χ0) is 13.0. The molecule has 2 aromatic rings. The van der Waals surface area contributed by atoms with E-state index in [1.165, 1.54) is 0 Å². The van der Waals surface area contributed by atoms with Gasteiger partial charge in [-0.25, -0.2) is 9.89 Å². The van der Waals surface area contributed by atoms with Gasteiger partial charge in [0.05, 0.1) is 0 Å². The minimum absolute atomic E-state index is 0.230. The van der Waals surface area contributed by atoms with Crippen molar-refractivity contribution in [3.05, 3.63) is 40.6 Å². The number of nitrogens with zero attached hydrogens (tertiary/aromatic N) is 1. The van der Waals surface area contributed by atoms with Crippen molar-refractivity contribution in [2.24, 2.45) is 0 Å². The average molecular weight is 266 g/mol. The first-order valence-corrected chi connectivity index (χ1v) is 6.62. The molecule has 1 unspecified atom stereocenters. The lowest BCUT2D eigenvalue weighted by molar-refractivity contribution is 0.182. The molecule has 0 aliphatic carbocycles. The van der Waals surface area contributed by atoms with Crippen LogP contribution in [-0.4, -0.2) is 33.1 Å². The van der Waals surface area contributed by atoms with Crippen LogP contribution in [0, 0.1) is 0 Å². The van der Waals surface area contributed by atoms with Crippen LogP contribution < -0.4 is 11.0 Å². The first-order valence-electron chi connectivity index (χ1n) is 5.39. The quantitative estimate of drug-likeness (QED) is 0.605. The summed E-state index contributed by atoms with van der Waals surface area (Å²) in [6.07, 6.45) is 1.14. The molecule has 1 heterocycles. The van der Waals surface area contributed by atoms with Gasteiger partial charge in [0.25, 0.3) is 0 Å².